The van der Waals surface area contributed by atoms with E-state index < -0.39 is 5.60 Å². The normalized spacial score (nSPS) is 16.5. The Morgan fingerprint density at radius 2 is 1.54 bits per heavy atom. The number of carbonyl (C=O) groups excluding carboxylic acids is 2. The van der Waals surface area contributed by atoms with Crippen LogP contribution in [0.1, 0.15) is 62.5 Å². The number of ether oxygens (including phenoxy) is 1. The van der Waals surface area contributed by atoms with E-state index in [1.165, 1.54) is 0 Å². The molecule has 1 saturated carbocycles. The van der Waals surface area contributed by atoms with Crippen LogP contribution in [0, 0.1) is 6.92 Å². The van der Waals surface area contributed by atoms with E-state index in [9.17, 15) is 9.59 Å². The molecule has 2 amide bonds. The van der Waals surface area contributed by atoms with Gasteiger partial charge in [0.2, 0.25) is 0 Å². The second-order valence-electron chi connectivity index (χ2n) is 11.1. The zero-order chi connectivity index (χ0) is 26.2. The van der Waals surface area contributed by atoms with E-state index in [0.717, 1.165) is 48.3 Å². The van der Waals surface area contributed by atoms with Crippen molar-refractivity contribution in [2.24, 2.45) is 0 Å². The third-order valence-electron chi connectivity index (χ3n) is 7.13. The summed E-state index contributed by atoms with van der Waals surface area (Å²) in [4.78, 5) is 34.6. The van der Waals surface area contributed by atoms with Crippen molar-refractivity contribution in [3.05, 3.63) is 72.2 Å². The summed E-state index contributed by atoms with van der Waals surface area (Å²) >= 11 is 0. The Balaban J connectivity index is 1.27. The van der Waals surface area contributed by atoms with Gasteiger partial charge in [0.1, 0.15) is 11.9 Å². The first-order chi connectivity index (χ1) is 17.7. The smallest absolute Gasteiger partial charge is 0.410 e. The summed E-state index contributed by atoms with van der Waals surface area (Å²) in [5, 5.41) is 0. The third-order valence-corrected chi connectivity index (χ3v) is 7.13. The Kier molecular flexibility index (Phi) is 6.80. The number of benzene rings is 2. The second-order valence-corrected chi connectivity index (χ2v) is 11.1. The Bertz CT molecular complexity index is 1250. The number of aromatic nitrogens is 2. The first-order valence-electron chi connectivity index (χ1n) is 13.2. The quantitative estimate of drug-likeness (QED) is 0.441. The highest BCUT2D eigenvalue weighted by Crippen LogP contribution is 2.34. The minimum atomic E-state index is -0.505. The highest BCUT2D eigenvalue weighted by atomic mass is 16.6. The molecule has 0 unspecified atom stereocenters. The summed E-state index contributed by atoms with van der Waals surface area (Å²) in [5.41, 5.74) is 4.27. The van der Waals surface area contributed by atoms with Crippen LogP contribution in [0.2, 0.25) is 0 Å². The van der Waals surface area contributed by atoms with Gasteiger partial charge in [-0.1, -0.05) is 30.3 Å². The van der Waals surface area contributed by atoms with Crippen molar-refractivity contribution in [1.82, 2.24) is 19.4 Å². The molecule has 0 atom stereocenters. The maximum Gasteiger partial charge on any atom is 0.410 e. The van der Waals surface area contributed by atoms with E-state index >= 15 is 0 Å². The van der Waals surface area contributed by atoms with Crippen molar-refractivity contribution in [2.75, 3.05) is 13.1 Å². The van der Waals surface area contributed by atoms with Crippen molar-refractivity contribution in [1.29, 1.82) is 0 Å². The van der Waals surface area contributed by atoms with E-state index in [1.807, 2.05) is 69.6 Å². The minimum absolute atomic E-state index is 0.0806. The molecule has 2 aliphatic rings. The molecule has 0 N–H and O–H groups in total. The first-order valence-corrected chi connectivity index (χ1v) is 13.2. The lowest BCUT2D eigenvalue weighted by Crippen LogP contribution is -2.50. The fraction of sp³-hybridized carbons (Fsp3) is 0.433. The van der Waals surface area contributed by atoms with Crippen LogP contribution in [0.25, 0.3) is 16.9 Å². The molecule has 1 saturated heterocycles. The summed E-state index contributed by atoms with van der Waals surface area (Å²) in [7, 11) is 0. The molecule has 1 aliphatic carbocycles. The largest absolute Gasteiger partial charge is 0.444 e. The van der Waals surface area contributed by atoms with Crippen LogP contribution in [-0.2, 0) is 4.74 Å². The van der Waals surface area contributed by atoms with Crippen LogP contribution in [0.5, 0.6) is 0 Å². The number of nitrogens with zero attached hydrogens (tertiary/aromatic N) is 4. The van der Waals surface area contributed by atoms with Crippen molar-refractivity contribution in [3.8, 4) is 16.9 Å². The average Bonchev–Trinajstić information content (AvgIpc) is 3.64. The van der Waals surface area contributed by atoms with Gasteiger partial charge in [-0.15, -0.1) is 0 Å². The van der Waals surface area contributed by atoms with Gasteiger partial charge in [0, 0.05) is 47.7 Å². The van der Waals surface area contributed by atoms with E-state index in [4.69, 9.17) is 4.74 Å². The molecule has 2 fully saturated rings. The molecule has 2 aromatic carbocycles. The highest BCUT2D eigenvalue weighted by Gasteiger charge is 2.39. The molecule has 37 heavy (non-hydrogen) atoms. The van der Waals surface area contributed by atoms with Gasteiger partial charge in [-0.05, 0) is 77.6 Å². The van der Waals surface area contributed by atoms with Crippen LogP contribution in [-0.4, -0.2) is 62.1 Å². The number of hydrogen-bond acceptors (Lipinski definition) is 4. The summed E-state index contributed by atoms with van der Waals surface area (Å²) in [5.74, 6) is 0.0806. The molecule has 3 aromatic rings. The van der Waals surface area contributed by atoms with Crippen molar-refractivity contribution < 1.29 is 14.3 Å². The number of amides is 2. The summed E-state index contributed by atoms with van der Waals surface area (Å²) in [6.45, 7) is 8.93. The Labute approximate surface area is 219 Å². The molecule has 7 heteroatoms. The number of carbonyl (C=O) groups is 2. The molecule has 7 nitrogen and oxygen atoms in total. The van der Waals surface area contributed by atoms with Crippen LogP contribution >= 0.6 is 0 Å². The predicted molar refractivity (Wildman–Crippen MR) is 144 cm³/mol. The van der Waals surface area contributed by atoms with Gasteiger partial charge in [0.15, 0.2) is 0 Å². The zero-order valence-electron chi connectivity index (χ0n) is 22.2. The van der Waals surface area contributed by atoms with Crippen LogP contribution < -0.4 is 0 Å². The maximum atomic E-state index is 13.6. The van der Waals surface area contributed by atoms with Crippen LogP contribution in [0.4, 0.5) is 4.79 Å². The summed E-state index contributed by atoms with van der Waals surface area (Å²) < 4.78 is 7.59. The summed E-state index contributed by atoms with van der Waals surface area (Å²) in [6.07, 6.45) is 5.21. The molecule has 2 heterocycles. The van der Waals surface area contributed by atoms with Gasteiger partial charge in [0.25, 0.3) is 5.91 Å². The number of imidazole rings is 1. The SMILES string of the molecule is Cc1c(-c2ccccc2)ncn1-c1ccc(C(=O)N(C2CC2)C2CCN(C(=O)OC(C)(C)C)CC2)cc1. The monoisotopic (exact) mass is 500 g/mol. The molecular weight excluding hydrogens is 464 g/mol. The molecule has 0 radical (unpaired) electrons. The molecule has 5 rings (SSSR count). The van der Waals surface area contributed by atoms with Crippen LogP contribution in [0.15, 0.2) is 60.9 Å². The second kappa shape index (κ2) is 10.0. The lowest BCUT2D eigenvalue weighted by Gasteiger charge is -2.39. The number of hydrogen-bond donors (Lipinski definition) is 0. The lowest BCUT2D eigenvalue weighted by atomic mass is 10.0. The highest BCUT2D eigenvalue weighted by molar-refractivity contribution is 5.95. The van der Waals surface area contributed by atoms with Crippen molar-refractivity contribution >= 4 is 12.0 Å². The predicted octanol–water partition coefficient (Wildman–Crippen LogP) is 5.85. The minimum Gasteiger partial charge on any atom is -0.444 e. The van der Waals surface area contributed by atoms with E-state index in [-0.39, 0.29) is 18.0 Å². The average molecular weight is 501 g/mol. The standard InChI is InChI=1S/C30H36N4O3/c1-21-27(22-8-6-5-7-9-22)31-20-33(21)24-12-10-23(11-13-24)28(35)34(25-14-15-25)26-16-18-32(19-17-26)29(36)37-30(2,3)4/h5-13,20,25-26H,14-19H2,1-4H3. The van der Waals surface area contributed by atoms with Gasteiger partial charge < -0.3 is 19.1 Å². The maximum absolute atomic E-state index is 13.6. The fourth-order valence-corrected chi connectivity index (χ4v) is 5.10. The molecule has 0 bridgehead atoms. The summed E-state index contributed by atoms with van der Waals surface area (Å²) in [6, 6.07) is 18.4. The fourth-order valence-electron chi connectivity index (χ4n) is 5.10. The topological polar surface area (TPSA) is 67.7 Å². The molecule has 194 valence electrons. The first kappa shape index (κ1) is 25.1. The van der Waals surface area contributed by atoms with Crippen molar-refractivity contribution in [2.45, 2.75) is 71.1 Å². The Morgan fingerprint density at radius 1 is 0.919 bits per heavy atom. The van der Waals surface area contributed by atoms with E-state index in [1.54, 1.807) is 4.90 Å². The molecule has 0 spiro atoms. The number of rotatable bonds is 5. The molecular formula is C30H36N4O3. The number of piperidine rings is 1. The molecule has 1 aliphatic heterocycles. The van der Waals surface area contributed by atoms with Gasteiger partial charge in [-0.3, -0.25) is 4.79 Å². The van der Waals surface area contributed by atoms with Crippen molar-refractivity contribution in [3.63, 3.8) is 0 Å². The zero-order valence-corrected chi connectivity index (χ0v) is 22.2. The van der Waals surface area contributed by atoms with Gasteiger partial charge in [-0.25, -0.2) is 9.78 Å². The third kappa shape index (κ3) is 5.55. The Hall–Kier alpha value is -3.61. The van der Waals surface area contributed by atoms with Crippen LogP contribution in [0.3, 0.4) is 0 Å². The van der Waals surface area contributed by atoms with E-state index in [0.29, 0.717) is 24.7 Å². The van der Waals surface area contributed by atoms with Gasteiger partial charge >= 0.3 is 6.09 Å². The van der Waals surface area contributed by atoms with Gasteiger partial charge in [-0.2, -0.15) is 0 Å². The van der Waals surface area contributed by atoms with Gasteiger partial charge in [0.05, 0.1) is 5.69 Å². The lowest BCUT2D eigenvalue weighted by molar-refractivity contribution is 0.0142. The van der Waals surface area contributed by atoms with E-state index in [2.05, 4.69) is 33.5 Å². The Morgan fingerprint density at radius 3 is 2.14 bits per heavy atom. The number of likely N-dealkylation sites (tertiary alicyclic amines) is 1. The molecule has 1 aromatic heterocycles.